The number of hydrogen-bond donors (Lipinski definition) is 1. The molecule has 6 nitrogen and oxygen atoms in total. The van der Waals surface area contributed by atoms with Crippen molar-refractivity contribution < 1.29 is 14.7 Å². The summed E-state index contributed by atoms with van der Waals surface area (Å²) in [6.45, 7) is 6.85. The number of carbonyl (C=O) groups is 2. The van der Waals surface area contributed by atoms with Gasteiger partial charge in [0.2, 0.25) is 0 Å². The molecule has 2 rings (SSSR count). The Kier molecular flexibility index (Phi) is 4.22. The van der Waals surface area contributed by atoms with Gasteiger partial charge in [-0.05, 0) is 33.7 Å². The van der Waals surface area contributed by atoms with Crippen molar-refractivity contribution in [1.29, 1.82) is 0 Å². The van der Waals surface area contributed by atoms with Gasteiger partial charge in [0.05, 0.1) is 6.42 Å². The van der Waals surface area contributed by atoms with E-state index in [4.69, 9.17) is 5.11 Å². The third kappa shape index (κ3) is 3.42. The maximum atomic E-state index is 12.6. The average Bonchev–Trinajstić information content (AvgIpc) is 3.16. The number of hydrogen-bond acceptors (Lipinski definition) is 3. The van der Waals surface area contributed by atoms with Gasteiger partial charge in [0.25, 0.3) is 0 Å². The van der Waals surface area contributed by atoms with Crippen molar-refractivity contribution in [2.24, 2.45) is 0 Å². The highest BCUT2D eigenvalue weighted by Crippen LogP contribution is 2.29. The molecular weight excluding hydrogens is 258 g/mol. The Bertz CT molecular complexity index is 393. The lowest BCUT2D eigenvalue weighted by Gasteiger charge is -2.46. The molecule has 1 aliphatic heterocycles. The number of amides is 2. The smallest absolute Gasteiger partial charge is 0.320 e. The van der Waals surface area contributed by atoms with Crippen LogP contribution in [0, 0.1) is 0 Å². The zero-order chi connectivity index (χ0) is 14.9. The number of nitrogens with zero attached hydrogens (tertiary/aromatic N) is 3. The highest BCUT2D eigenvalue weighted by Gasteiger charge is 2.39. The van der Waals surface area contributed by atoms with E-state index in [1.165, 1.54) is 0 Å². The summed E-state index contributed by atoms with van der Waals surface area (Å²) in [7, 11) is 2.07. The third-order valence-electron chi connectivity index (χ3n) is 4.39. The Hall–Kier alpha value is -1.30. The fourth-order valence-electron chi connectivity index (χ4n) is 2.62. The Morgan fingerprint density at radius 3 is 2.45 bits per heavy atom. The molecule has 2 amide bonds. The van der Waals surface area contributed by atoms with E-state index in [0.717, 1.165) is 25.9 Å². The van der Waals surface area contributed by atoms with E-state index in [-0.39, 0.29) is 24.0 Å². The van der Waals surface area contributed by atoms with Crippen LogP contribution in [-0.4, -0.2) is 76.6 Å². The Morgan fingerprint density at radius 1 is 1.30 bits per heavy atom. The zero-order valence-corrected chi connectivity index (χ0v) is 12.6. The summed E-state index contributed by atoms with van der Waals surface area (Å²) >= 11 is 0. The van der Waals surface area contributed by atoms with E-state index in [2.05, 4.69) is 25.8 Å². The summed E-state index contributed by atoms with van der Waals surface area (Å²) < 4.78 is 0. The molecule has 6 heteroatoms. The van der Waals surface area contributed by atoms with E-state index >= 15 is 0 Å². The molecule has 0 atom stereocenters. The molecule has 2 aliphatic rings. The number of piperazine rings is 1. The maximum absolute atomic E-state index is 12.6. The van der Waals surface area contributed by atoms with Crippen LogP contribution in [0.3, 0.4) is 0 Å². The summed E-state index contributed by atoms with van der Waals surface area (Å²) in [6, 6.07) is 0.263. The van der Waals surface area contributed by atoms with Crippen LogP contribution in [-0.2, 0) is 4.79 Å². The number of aliphatic carboxylic acids is 1. The van der Waals surface area contributed by atoms with Crippen molar-refractivity contribution in [2.75, 3.05) is 33.2 Å². The van der Waals surface area contributed by atoms with Crippen LogP contribution in [0.4, 0.5) is 4.79 Å². The lowest BCUT2D eigenvalue weighted by molar-refractivity contribution is -0.137. The molecular formula is C14H25N3O3. The number of rotatable bonds is 4. The molecule has 114 valence electrons. The summed E-state index contributed by atoms with van der Waals surface area (Å²) in [5.74, 6) is -0.845. The summed E-state index contributed by atoms with van der Waals surface area (Å²) in [5, 5.41) is 8.82. The van der Waals surface area contributed by atoms with Gasteiger partial charge >= 0.3 is 12.0 Å². The number of carboxylic acids is 1. The van der Waals surface area contributed by atoms with Crippen LogP contribution >= 0.6 is 0 Å². The van der Waals surface area contributed by atoms with Gasteiger partial charge in [-0.3, -0.25) is 9.69 Å². The highest BCUT2D eigenvalue weighted by molar-refractivity contribution is 5.76. The third-order valence-corrected chi connectivity index (χ3v) is 4.39. The van der Waals surface area contributed by atoms with Gasteiger partial charge in [-0.1, -0.05) is 0 Å². The fourth-order valence-corrected chi connectivity index (χ4v) is 2.62. The van der Waals surface area contributed by atoms with Crippen LogP contribution in [0.25, 0.3) is 0 Å². The quantitative estimate of drug-likeness (QED) is 0.838. The summed E-state index contributed by atoms with van der Waals surface area (Å²) in [6.07, 6.45) is 2.03. The SMILES string of the molecule is CN1CCN(C(=O)N(CCC(=O)O)C2CC2)CC1(C)C. The molecule has 0 spiro atoms. The van der Waals surface area contributed by atoms with Crippen LogP contribution < -0.4 is 0 Å². The molecule has 0 aromatic rings. The fraction of sp³-hybridized carbons (Fsp3) is 0.857. The maximum Gasteiger partial charge on any atom is 0.320 e. The van der Waals surface area contributed by atoms with Gasteiger partial charge in [0, 0.05) is 37.8 Å². The average molecular weight is 283 g/mol. The van der Waals surface area contributed by atoms with Crippen LogP contribution in [0.15, 0.2) is 0 Å². The first-order valence-electron chi connectivity index (χ1n) is 7.30. The van der Waals surface area contributed by atoms with E-state index in [9.17, 15) is 9.59 Å². The largest absolute Gasteiger partial charge is 0.481 e. The Labute approximate surface area is 120 Å². The number of likely N-dealkylation sites (N-methyl/N-ethyl adjacent to an activating group) is 1. The number of carboxylic acid groups (broad SMARTS) is 1. The monoisotopic (exact) mass is 283 g/mol. The minimum atomic E-state index is -0.845. The van der Waals surface area contributed by atoms with Crippen LogP contribution in [0.2, 0.25) is 0 Å². The molecule has 1 N–H and O–H groups in total. The predicted octanol–water partition coefficient (Wildman–Crippen LogP) is 1.07. The first kappa shape index (κ1) is 15.1. The lowest BCUT2D eigenvalue weighted by Crippen LogP contribution is -2.61. The summed E-state index contributed by atoms with van der Waals surface area (Å²) in [4.78, 5) is 29.3. The highest BCUT2D eigenvalue weighted by atomic mass is 16.4. The molecule has 1 aliphatic carbocycles. The standard InChI is InChI=1S/C14H25N3O3/c1-14(2)10-16(9-8-15(14)3)13(20)17(11-4-5-11)7-6-12(18)19/h11H,4-10H2,1-3H3,(H,18,19). The molecule has 20 heavy (non-hydrogen) atoms. The van der Waals surface area contributed by atoms with E-state index in [1.54, 1.807) is 4.90 Å². The molecule has 0 radical (unpaired) electrons. The van der Waals surface area contributed by atoms with Gasteiger partial charge in [-0.2, -0.15) is 0 Å². The van der Waals surface area contributed by atoms with Crippen LogP contribution in [0.5, 0.6) is 0 Å². The van der Waals surface area contributed by atoms with Crippen molar-refractivity contribution in [3.8, 4) is 0 Å². The normalized spacial score (nSPS) is 22.6. The van der Waals surface area contributed by atoms with E-state index in [1.807, 2.05) is 4.90 Å². The first-order chi connectivity index (χ1) is 9.31. The zero-order valence-electron chi connectivity index (χ0n) is 12.6. The second-order valence-corrected chi connectivity index (χ2v) is 6.51. The lowest BCUT2D eigenvalue weighted by atomic mass is 10.00. The van der Waals surface area contributed by atoms with Crippen molar-refractivity contribution in [1.82, 2.24) is 14.7 Å². The second-order valence-electron chi connectivity index (χ2n) is 6.51. The van der Waals surface area contributed by atoms with E-state index in [0.29, 0.717) is 13.1 Å². The number of urea groups is 1. The number of carbonyl (C=O) groups excluding carboxylic acids is 1. The van der Waals surface area contributed by atoms with Gasteiger partial charge in [-0.15, -0.1) is 0 Å². The van der Waals surface area contributed by atoms with Crippen molar-refractivity contribution in [2.45, 2.75) is 44.7 Å². The van der Waals surface area contributed by atoms with Gasteiger partial charge in [0.1, 0.15) is 0 Å². The van der Waals surface area contributed by atoms with Crippen molar-refractivity contribution in [3.05, 3.63) is 0 Å². The van der Waals surface area contributed by atoms with Gasteiger partial charge in [0.15, 0.2) is 0 Å². The minimum Gasteiger partial charge on any atom is -0.481 e. The van der Waals surface area contributed by atoms with Crippen LogP contribution in [0.1, 0.15) is 33.1 Å². The molecule has 0 bridgehead atoms. The van der Waals surface area contributed by atoms with Crippen molar-refractivity contribution >= 4 is 12.0 Å². The Morgan fingerprint density at radius 2 is 1.95 bits per heavy atom. The van der Waals surface area contributed by atoms with Crippen molar-refractivity contribution in [3.63, 3.8) is 0 Å². The molecule has 1 heterocycles. The topological polar surface area (TPSA) is 64.1 Å². The minimum absolute atomic E-state index is 0.00919. The molecule has 1 saturated carbocycles. The summed E-state index contributed by atoms with van der Waals surface area (Å²) in [5.41, 5.74) is -0.0318. The van der Waals surface area contributed by atoms with Gasteiger partial charge in [-0.25, -0.2) is 4.79 Å². The molecule has 1 saturated heterocycles. The predicted molar refractivity (Wildman–Crippen MR) is 75.7 cm³/mol. The first-order valence-corrected chi connectivity index (χ1v) is 7.30. The molecule has 2 fully saturated rings. The molecule has 0 aromatic heterocycles. The second kappa shape index (κ2) is 5.60. The van der Waals surface area contributed by atoms with E-state index < -0.39 is 5.97 Å². The molecule has 0 aromatic carbocycles. The Balaban J connectivity index is 1.98. The molecule has 0 unspecified atom stereocenters. The van der Waals surface area contributed by atoms with Gasteiger partial charge < -0.3 is 14.9 Å².